The fourth-order valence-corrected chi connectivity index (χ4v) is 7.86. The number of benzene rings is 5. The predicted octanol–water partition coefficient (Wildman–Crippen LogP) is 9.67. The van der Waals surface area contributed by atoms with Crippen molar-refractivity contribution in [3.63, 3.8) is 0 Å². The van der Waals surface area contributed by atoms with E-state index in [0.717, 1.165) is 60.6 Å². The number of aldehydes is 1. The molecule has 5 aromatic rings. The summed E-state index contributed by atoms with van der Waals surface area (Å²) in [5, 5.41) is 0.956. The third-order valence-electron chi connectivity index (χ3n) is 8.20. The Morgan fingerprint density at radius 3 is 1.86 bits per heavy atom. The van der Waals surface area contributed by atoms with Gasteiger partial charge in [-0.1, -0.05) is 156 Å². The number of carbonyl (C=O) groups is 1. The lowest BCUT2D eigenvalue weighted by Gasteiger charge is -2.36. The molecular weight excluding hydrogens is 543 g/mol. The number of rotatable bonds is 14. The molecule has 0 aromatic heterocycles. The van der Waals surface area contributed by atoms with E-state index in [9.17, 15) is 4.79 Å². The van der Waals surface area contributed by atoms with Crippen molar-refractivity contribution in [3.8, 4) is 5.75 Å². The van der Waals surface area contributed by atoms with E-state index in [1.54, 1.807) is 0 Å². The molecule has 43 heavy (non-hydrogen) atoms. The lowest BCUT2D eigenvalue weighted by atomic mass is 9.85. The Bertz CT molecular complexity index is 1600. The molecule has 0 aliphatic rings. The van der Waals surface area contributed by atoms with Gasteiger partial charge in [-0.2, -0.15) is 0 Å². The zero-order chi connectivity index (χ0) is 29.9. The highest BCUT2D eigenvalue weighted by molar-refractivity contribution is 7.48. The SMILES string of the molecule is CCCC(CC)(Pc1ccccc1C=O)c1cc(Cc2ccccc2)cc(Cc2ccccc2)c1OCc1ccccc1. The zero-order valence-corrected chi connectivity index (χ0v) is 26.3. The minimum Gasteiger partial charge on any atom is -0.488 e. The third kappa shape index (κ3) is 7.70. The maximum absolute atomic E-state index is 12.1. The van der Waals surface area contributed by atoms with E-state index in [-0.39, 0.29) is 5.16 Å². The lowest BCUT2D eigenvalue weighted by Crippen LogP contribution is -2.25. The molecule has 3 heteroatoms. The Labute approximate surface area is 258 Å². The zero-order valence-electron chi connectivity index (χ0n) is 25.3. The van der Waals surface area contributed by atoms with Gasteiger partial charge >= 0.3 is 0 Å². The molecule has 5 rings (SSSR count). The Kier molecular flexibility index (Phi) is 10.6. The second kappa shape index (κ2) is 14.9. The molecule has 0 saturated carbocycles. The first-order valence-electron chi connectivity index (χ1n) is 15.4. The van der Waals surface area contributed by atoms with Crippen LogP contribution in [0.15, 0.2) is 127 Å². The largest absolute Gasteiger partial charge is 0.488 e. The van der Waals surface area contributed by atoms with Gasteiger partial charge in [0.05, 0.1) is 0 Å². The monoisotopic (exact) mass is 584 g/mol. The van der Waals surface area contributed by atoms with Gasteiger partial charge in [-0.05, 0) is 52.4 Å². The van der Waals surface area contributed by atoms with Gasteiger partial charge in [-0.3, -0.25) is 4.79 Å². The third-order valence-corrected chi connectivity index (χ3v) is 10.3. The molecule has 218 valence electrons. The van der Waals surface area contributed by atoms with Gasteiger partial charge in [0.25, 0.3) is 0 Å². The normalized spacial score (nSPS) is 12.7. The lowest BCUT2D eigenvalue weighted by molar-refractivity contribution is 0.112. The van der Waals surface area contributed by atoms with Crippen LogP contribution in [0.1, 0.15) is 76.8 Å². The quantitative estimate of drug-likeness (QED) is 0.0959. The van der Waals surface area contributed by atoms with Gasteiger partial charge in [-0.25, -0.2) is 0 Å². The topological polar surface area (TPSA) is 26.3 Å². The molecule has 0 bridgehead atoms. The van der Waals surface area contributed by atoms with Crippen molar-refractivity contribution >= 4 is 20.2 Å². The van der Waals surface area contributed by atoms with Gasteiger partial charge in [-0.15, -0.1) is 0 Å². The maximum Gasteiger partial charge on any atom is 0.150 e. The van der Waals surface area contributed by atoms with E-state index < -0.39 is 0 Å². The molecule has 0 aliphatic carbocycles. The van der Waals surface area contributed by atoms with E-state index in [1.807, 2.05) is 18.2 Å². The van der Waals surface area contributed by atoms with Gasteiger partial charge in [0.15, 0.2) is 6.29 Å². The van der Waals surface area contributed by atoms with Crippen molar-refractivity contribution in [1.82, 2.24) is 0 Å². The summed E-state index contributed by atoms with van der Waals surface area (Å²) in [7, 11) is 0.440. The molecular formula is C40H41O2P. The first-order valence-corrected chi connectivity index (χ1v) is 16.4. The molecule has 2 atom stereocenters. The number of hydrogen-bond acceptors (Lipinski definition) is 2. The fourth-order valence-electron chi connectivity index (χ4n) is 6.01. The van der Waals surface area contributed by atoms with Crippen LogP contribution in [0, 0.1) is 0 Å². The minimum absolute atomic E-state index is 0.169. The summed E-state index contributed by atoms with van der Waals surface area (Å²) in [5.74, 6) is 0.996. The molecule has 2 nitrogen and oxygen atoms in total. The molecule has 0 saturated heterocycles. The Morgan fingerprint density at radius 1 is 0.674 bits per heavy atom. The van der Waals surface area contributed by atoms with Crippen molar-refractivity contribution in [2.24, 2.45) is 0 Å². The highest BCUT2D eigenvalue weighted by atomic mass is 31.1. The summed E-state index contributed by atoms with van der Waals surface area (Å²) in [6, 6.07) is 44.7. The molecule has 0 amide bonds. The van der Waals surface area contributed by atoms with Crippen LogP contribution >= 0.6 is 8.58 Å². The summed E-state index contributed by atoms with van der Waals surface area (Å²) in [6.45, 7) is 5.07. The van der Waals surface area contributed by atoms with Crippen LogP contribution in [0.5, 0.6) is 5.75 Å². The average molecular weight is 585 g/mol. The van der Waals surface area contributed by atoms with E-state index in [4.69, 9.17) is 4.74 Å². The molecule has 0 aliphatic heterocycles. The summed E-state index contributed by atoms with van der Waals surface area (Å²) >= 11 is 0. The standard InChI is InChI=1S/C40H41O2P/c1-3-24-40(4-2,43-38-23-15-14-22-35(38)29-41)37-28-34(25-31-16-8-5-9-17-31)27-36(26-32-18-10-6-11-19-32)39(37)42-30-33-20-12-7-13-21-33/h5-23,27-29,43H,3-4,24-26,30H2,1-2H3. The van der Waals surface area contributed by atoms with E-state index in [1.165, 1.54) is 27.8 Å². The summed E-state index contributed by atoms with van der Waals surface area (Å²) < 4.78 is 6.92. The van der Waals surface area contributed by atoms with Crippen LogP contribution in [0.25, 0.3) is 0 Å². The van der Waals surface area contributed by atoms with Crippen molar-refractivity contribution in [2.45, 2.75) is 57.7 Å². The van der Waals surface area contributed by atoms with Crippen LogP contribution in [0.3, 0.4) is 0 Å². The van der Waals surface area contributed by atoms with Crippen LogP contribution in [0.4, 0.5) is 0 Å². The molecule has 0 spiro atoms. The van der Waals surface area contributed by atoms with Crippen molar-refractivity contribution < 1.29 is 9.53 Å². The minimum atomic E-state index is -0.169. The van der Waals surface area contributed by atoms with E-state index in [0.29, 0.717) is 15.2 Å². The first kappa shape index (κ1) is 30.5. The van der Waals surface area contributed by atoms with Gasteiger partial charge in [0.2, 0.25) is 0 Å². The summed E-state index contributed by atoms with van der Waals surface area (Å²) in [6.07, 6.45) is 5.66. The van der Waals surface area contributed by atoms with Crippen LogP contribution in [0.2, 0.25) is 0 Å². The second-order valence-electron chi connectivity index (χ2n) is 11.2. The molecule has 0 radical (unpaired) electrons. The smallest absolute Gasteiger partial charge is 0.150 e. The van der Waals surface area contributed by atoms with Crippen molar-refractivity contribution in [1.29, 1.82) is 0 Å². The first-order chi connectivity index (χ1) is 21.1. The Hall–Kier alpha value is -4.00. The van der Waals surface area contributed by atoms with Crippen molar-refractivity contribution in [2.75, 3.05) is 0 Å². The fraction of sp³-hybridized carbons (Fsp3) is 0.225. The van der Waals surface area contributed by atoms with Crippen LogP contribution in [-0.4, -0.2) is 6.29 Å². The maximum atomic E-state index is 12.1. The molecule has 5 aromatic carbocycles. The van der Waals surface area contributed by atoms with E-state index >= 15 is 0 Å². The van der Waals surface area contributed by atoms with Gasteiger partial charge < -0.3 is 4.74 Å². The molecule has 0 N–H and O–H groups in total. The Morgan fingerprint density at radius 2 is 1.26 bits per heavy atom. The van der Waals surface area contributed by atoms with Gasteiger partial charge in [0.1, 0.15) is 12.4 Å². The second-order valence-corrected chi connectivity index (χ2v) is 13.0. The highest BCUT2D eigenvalue weighted by Crippen LogP contribution is 2.52. The van der Waals surface area contributed by atoms with E-state index in [2.05, 4.69) is 123 Å². The van der Waals surface area contributed by atoms with Crippen molar-refractivity contribution in [3.05, 3.63) is 166 Å². The average Bonchev–Trinajstić information content (AvgIpc) is 3.05. The predicted molar refractivity (Wildman–Crippen MR) is 182 cm³/mol. The molecule has 0 heterocycles. The highest BCUT2D eigenvalue weighted by Gasteiger charge is 2.35. The molecule has 2 unspecified atom stereocenters. The van der Waals surface area contributed by atoms with Crippen LogP contribution < -0.4 is 10.0 Å². The number of hydrogen-bond donors (Lipinski definition) is 0. The summed E-state index contributed by atoms with van der Waals surface area (Å²) in [5.41, 5.74) is 8.27. The summed E-state index contributed by atoms with van der Waals surface area (Å²) in [4.78, 5) is 12.1. The number of carbonyl (C=O) groups excluding carboxylic acids is 1. The molecule has 0 fully saturated rings. The number of ether oxygens (including phenoxy) is 1. The Balaban J connectivity index is 1.70. The van der Waals surface area contributed by atoms with Crippen LogP contribution in [-0.2, 0) is 24.6 Å². The van der Waals surface area contributed by atoms with Gasteiger partial charge in [0, 0.05) is 22.7 Å².